The van der Waals surface area contributed by atoms with Crippen LogP contribution in [0.4, 0.5) is 0 Å². The third kappa shape index (κ3) is 2.38. The molecule has 0 radical (unpaired) electrons. The summed E-state index contributed by atoms with van der Waals surface area (Å²) in [6.07, 6.45) is 1.31. The second-order valence-electron chi connectivity index (χ2n) is 3.00. The molecule has 6 heteroatoms. The van der Waals surface area contributed by atoms with Crippen LogP contribution in [0.3, 0.4) is 0 Å². The number of hydrogen-bond donors (Lipinski definition) is 1. The smallest absolute Gasteiger partial charge is 0.229 e. The monoisotopic (exact) mass is 266 g/mol. The fraction of sp³-hybridized carbons (Fsp3) is 0.571. The van der Waals surface area contributed by atoms with Gasteiger partial charge in [-0.05, 0) is 15.9 Å². The molecular formula is C7H11BrN2O2S. The van der Waals surface area contributed by atoms with E-state index in [2.05, 4.69) is 26.2 Å². The number of nitrogens with zero attached hydrogens (tertiary/aromatic N) is 1. The van der Waals surface area contributed by atoms with Gasteiger partial charge in [0.15, 0.2) is 5.04 Å². The summed E-state index contributed by atoms with van der Waals surface area (Å²) in [5.41, 5.74) is 0. The zero-order valence-electron chi connectivity index (χ0n) is 7.41. The first-order valence-electron chi connectivity index (χ1n) is 3.85. The van der Waals surface area contributed by atoms with Crippen molar-refractivity contribution in [3.63, 3.8) is 0 Å². The highest BCUT2D eigenvalue weighted by Gasteiger charge is 2.27. The van der Waals surface area contributed by atoms with Crippen molar-refractivity contribution in [2.45, 2.75) is 19.9 Å². The predicted octanol–water partition coefficient (Wildman–Crippen LogP) is 1.01. The Balaban J connectivity index is 2.67. The Labute approximate surface area is 86.2 Å². The topological polar surface area (TPSA) is 58.5 Å². The molecule has 74 valence electrons. The lowest BCUT2D eigenvalue weighted by Crippen LogP contribution is -2.31. The molecule has 0 aliphatic carbocycles. The second-order valence-corrected chi connectivity index (χ2v) is 6.29. The second kappa shape index (κ2) is 3.89. The summed E-state index contributed by atoms with van der Waals surface area (Å²) < 4.78 is 23.0. The Morgan fingerprint density at radius 3 is 2.62 bits per heavy atom. The van der Waals surface area contributed by atoms with Crippen molar-refractivity contribution in [1.82, 2.24) is 5.32 Å². The summed E-state index contributed by atoms with van der Waals surface area (Å²) in [5, 5.41) is 3.17. The van der Waals surface area contributed by atoms with Gasteiger partial charge >= 0.3 is 0 Å². The van der Waals surface area contributed by atoms with E-state index in [0.29, 0.717) is 0 Å². The van der Waals surface area contributed by atoms with Gasteiger partial charge in [-0.3, -0.25) is 0 Å². The third-order valence-corrected chi connectivity index (χ3v) is 4.51. The van der Waals surface area contributed by atoms with E-state index in [0.717, 1.165) is 0 Å². The van der Waals surface area contributed by atoms with Crippen molar-refractivity contribution in [2.24, 2.45) is 4.99 Å². The predicted molar refractivity (Wildman–Crippen MR) is 56.5 cm³/mol. The third-order valence-electron chi connectivity index (χ3n) is 1.54. The van der Waals surface area contributed by atoms with Crippen LogP contribution in [0.15, 0.2) is 15.0 Å². The van der Waals surface area contributed by atoms with E-state index in [1.165, 1.54) is 6.20 Å². The van der Waals surface area contributed by atoms with Crippen LogP contribution in [0.2, 0.25) is 0 Å². The number of sulfone groups is 1. The van der Waals surface area contributed by atoms with Crippen LogP contribution in [0.25, 0.3) is 0 Å². The standard InChI is InChI=1S/C7H11BrN2O2S/c1-5(2)9-4-7-10-3-6(8)13(7,11)12/h3,5,9H,4H2,1-2H3. The molecule has 1 aliphatic heterocycles. The molecule has 13 heavy (non-hydrogen) atoms. The quantitative estimate of drug-likeness (QED) is 0.830. The molecule has 0 aromatic carbocycles. The summed E-state index contributed by atoms with van der Waals surface area (Å²) in [4.78, 5) is 3.80. The SMILES string of the molecule is CC(C)NCC1=NC=C(Br)S1(=O)=O. The first-order valence-corrected chi connectivity index (χ1v) is 6.13. The molecule has 0 aromatic heterocycles. The Bertz CT molecular complexity index is 357. The van der Waals surface area contributed by atoms with Crippen molar-refractivity contribution in [2.75, 3.05) is 6.54 Å². The van der Waals surface area contributed by atoms with Crippen molar-refractivity contribution < 1.29 is 8.42 Å². The molecule has 1 heterocycles. The van der Waals surface area contributed by atoms with Gasteiger partial charge in [-0.2, -0.15) is 0 Å². The Kier molecular flexibility index (Phi) is 3.26. The molecule has 0 aromatic rings. The fourth-order valence-corrected chi connectivity index (χ4v) is 2.35. The maximum Gasteiger partial charge on any atom is 0.229 e. The highest BCUT2D eigenvalue weighted by Crippen LogP contribution is 2.22. The van der Waals surface area contributed by atoms with E-state index in [1.807, 2.05) is 13.8 Å². The molecule has 0 fully saturated rings. The fourth-order valence-electron chi connectivity index (χ4n) is 0.806. The maximum absolute atomic E-state index is 11.4. The van der Waals surface area contributed by atoms with Gasteiger partial charge in [-0.25, -0.2) is 13.4 Å². The minimum absolute atomic E-state index is 0.139. The molecule has 1 aliphatic rings. The Morgan fingerprint density at radius 2 is 2.23 bits per heavy atom. The zero-order valence-corrected chi connectivity index (χ0v) is 9.81. The lowest BCUT2D eigenvalue weighted by molar-refractivity contribution is 0.611. The molecule has 0 amide bonds. The lowest BCUT2D eigenvalue weighted by atomic mass is 10.4. The van der Waals surface area contributed by atoms with Gasteiger partial charge in [0.25, 0.3) is 0 Å². The Hall–Kier alpha value is -0.200. The van der Waals surface area contributed by atoms with Crippen LogP contribution in [0.1, 0.15) is 13.8 Å². The molecule has 0 unspecified atom stereocenters. The van der Waals surface area contributed by atoms with Gasteiger partial charge in [-0.15, -0.1) is 0 Å². The summed E-state index contributed by atoms with van der Waals surface area (Å²) >= 11 is 2.94. The Morgan fingerprint density at radius 1 is 1.62 bits per heavy atom. The highest BCUT2D eigenvalue weighted by molar-refractivity contribution is 9.14. The maximum atomic E-state index is 11.4. The molecule has 4 nitrogen and oxygen atoms in total. The largest absolute Gasteiger partial charge is 0.308 e. The first kappa shape index (κ1) is 10.9. The summed E-state index contributed by atoms with van der Waals surface area (Å²) in [6, 6.07) is 0.247. The van der Waals surface area contributed by atoms with Gasteiger partial charge in [0.1, 0.15) is 3.81 Å². The van der Waals surface area contributed by atoms with E-state index in [9.17, 15) is 8.42 Å². The summed E-state index contributed by atoms with van der Waals surface area (Å²) in [6.45, 7) is 4.18. The average Bonchev–Trinajstić information content (AvgIpc) is 2.25. The average molecular weight is 267 g/mol. The minimum Gasteiger partial charge on any atom is -0.308 e. The molecule has 1 rings (SSSR count). The molecule has 0 atom stereocenters. The molecule has 0 saturated heterocycles. The van der Waals surface area contributed by atoms with Crippen molar-refractivity contribution in [1.29, 1.82) is 0 Å². The van der Waals surface area contributed by atoms with Crippen LogP contribution in [0, 0.1) is 0 Å². The van der Waals surface area contributed by atoms with Crippen molar-refractivity contribution in [3.05, 3.63) is 10.0 Å². The lowest BCUT2D eigenvalue weighted by Gasteiger charge is -2.07. The number of halogens is 1. The molecule has 0 spiro atoms. The van der Waals surface area contributed by atoms with Crippen LogP contribution >= 0.6 is 15.9 Å². The number of hydrogen-bond acceptors (Lipinski definition) is 4. The number of aliphatic imine (C=N–C) groups is 1. The molecule has 1 N–H and O–H groups in total. The summed E-state index contributed by atoms with van der Waals surface area (Å²) in [5.74, 6) is 0. The van der Waals surface area contributed by atoms with E-state index in [-0.39, 0.29) is 21.4 Å². The van der Waals surface area contributed by atoms with Gasteiger partial charge in [0.2, 0.25) is 9.84 Å². The van der Waals surface area contributed by atoms with Crippen LogP contribution in [-0.2, 0) is 9.84 Å². The van der Waals surface area contributed by atoms with Crippen LogP contribution < -0.4 is 5.32 Å². The summed E-state index contributed by atoms with van der Waals surface area (Å²) in [7, 11) is -3.30. The van der Waals surface area contributed by atoms with Crippen LogP contribution in [0.5, 0.6) is 0 Å². The minimum atomic E-state index is -3.30. The van der Waals surface area contributed by atoms with Gasteiger partial charge in [0, 0.05) is 12.6 Å². The molecular weight excluding hydrogens is 256 g/mol. The number of rotatable bonds is 3. The van der Waals surface area contributed by atoms with E-state index < -0.39 is 9.84 Å². The van der Waals surface area contributed by atoms with Crippen molar-refractivity contribution in [3.8, 4) is 0 Å². The van der Waals surface area contributed by atoms with E-state index in [1.54, 1.807) is 0 Å². The van der Waals surface area contributed by atoms with E-state index >= 15 is 0 Å². The first-order chi connectivity index (χ1) is 5.94. The van der Waals surface area contributed by atoms with E-state index in [4.69, 9.17) is 0 Å². The van der Waals surface area contributed by atoms with Crippen molar-refractivity contribution >= 4 is 30.8 Å². The number of nitrogens with one attached hydrogen (secondary N) is 1. The van der Waals surface area contributed by atoms with Crippen LogP contribution in [-0.4, -0.2) is 26.0 Å². The molecule has 0 bridgehead atoms. The highest BCUT2D eigenvalue weighted by atomic mass is 79.9. The van der Waals surface area contributed by atoms with Gasteiger partial charge < -0.3 is 5.32 Å². The zero-order chi connectivity index (χ0) is 10.1. The normalized spacial score (nSPS) is 20.3. The van der Waals surface area contributed by atoms with Gasteiger partial charge in [-0.1, -0.05) is 13.8 Å². The molecule has 0 saturated carbocycles. The van der Waals surface area contributed by atoms with Gasteiger partial charge in [0.05, 0.1) is 6.20 Å².